The van der Waals surface area contributed by atoms with Crippen LogP contribution in [0.4, 0.5) is 4.39 Å². The number of amides is 1. The van der Waals surface area contributed by atoms with Gasteiger partial charge in [-0.05, 0) is 30.5 Å². The Balaban J connectivity index is 1.94. The number of ether oxygens (including phenoxy) is 1. The van der Waals surface area contributed by atoms with Crippen LogP contribution < -0.4 is 10.2 Å². The molecule has 0 saturated heterocycles. The van der Waals surface area contributed by atoms with E-state index >= 15 is 0 Å². The fraction of sp³-hybridized carbons (Fsp3) is 0.292. The first-order chi connectivity index (χ1) is 15.5. The van der Waals surface area contributed by atoms with Crippen molar-refractivity contribution in [1.82, 2.24) is 15.1 Å². The number of aromatic hydroxyl groups is 1. The van der Waals surface area contributed by atoms with Gasteiger partial charge in [-0.1, -0.05) is 43.3 Å². The average Bonchev–Trinajstić information content (AvgIpc) is 2.81. The van der Waals surface area contributed by atoms with Crippen LogP contribution in [-0.2, 0) is 0 Å². The Labute approximate surface area is 185 Å². The Bertz CT molecular complexity index is 1130. The number of para-hydroxylation sites is 1. The number of carbonyl (C=O) groups excluding carboxylic acids is 1. The Hall–Kier alpha value is -3.68. The summed E-state index contributed by atoms with van der Waals surface area (Å²) in [7, 11) is 1.56. The van der Waals surface area contributed by atoms with E-state index in [-0.39, 0.29) is 24.0 Å². The summed E-state index contributed by atoms with van der Waals surface area (Å²) in [4.78, 5) is 26.3. The summed E-state index contributed by atoms with van der Waals surface area (Å²) in [5, 5.41) is 16.1. The second kappa shape index (κ2) is 10.6. The molecule has 0 aliphatic heterocycles. The number of H-pyrrole nitrogens is 1. The van der Waals surface area contributed by atoms with Crippen LogP contribution in [0.2, 0.25) is 0 Å². The van der Waals surface area contributed by atoms with Crippen molar-refractivity contribution in [2.24, 2.45) is 0 Å². The second-order valence-electron chi connectivity index (χ2n) is 7.35. The first kappa shape index (κ1) is 23.0. The number of nitrogens with zero attached hydrogens (tertiary/aromatic N) is 2. The SMILES string of the molecule is CCCN(CCC(c1ccccc1F)c1ccccc1OC)C(=O)c1[nH]ncc(=O)c1O. The number of benzene rings is 2. The lowest BCUT2D eigenvalue weighted by Crippen LogP contribution is -2.35. The van der Waals surface area contributed by atoms with E-state index in [2.05, 4.69) is 10.2 Å². The maximum atomic E-state index is 14.8. The van der Waals surface area contributed by atoms with Crippen LogP contribution in [0.15, 0.2) is 59.5 Å². The van der Waals surface area contributed by atoms with Gasteiger partial charge in [0.2, 0.25) is 5.43 Å². The highest BCUT2D eigenvalue weighted by Gasteiger charge is 2.25. The molecule has 1 unspecified atom stereocenters. The minimum atomic E-state index is -0.734. The number of hydrogen-bond acceptors (Lipinski definition) is 5. The second-order valence-corrected chi connectivity index (χ2v) is 7.35. The molecule has 0 fully saturated rings. The Kier molecular flexibility index (Phi) is 7.59. The fourth-order valence-electron chi connectivity index (χ4n) is 3.76. The highest BCUT2D eigenvalue weighted by Crippen LogP contribution is 2.35. The van der Waals surface area contributed by atoms with Gasteiger partial charge in [0.15, 0.2) is 11.4 Å². The molecule has 8 heteroatoms. The normalized spacial score (nSPS) is 11.7. The molecule has 0 spiro atoms. The lowest BCUT2D eigenvalue weighted by atomic mass is 9.87. The van der Waals surface area contributed by atoms with Crippen LogP contribution >= 0.6 is 0 Å². The zero-order valence-corrected chi connectivity index (χ0v) is 18.0. The molecule has 0 radical (unpaired) electrons. The molecule has 3 aromatic rings. The third-order valence-electron chi connectivity index (χ3n) is 5.31. The number of rotatable bonds is 9. The van der Waals surface area contributed by atoms with E-state index in [1.54, 1.807) is 25.3 Å². The highest BCUT2D eigenvalue weighted by atomic mass is 19.1. The highest BCUT2D eigenvalue weighted by molar-refractivity contribution is 5.94. The van der Waals surface area contributed by atoms with Crippen molar-refractivity contribution < 1.29 is 19.0 Å². The molecule has 2 N–H and O–H groups in total. The van der Waals surface area contributed by atoms with Gasteiger partial charge in [0.25, 0.3) is 5.91 Å². The molecule has 32 heavy (non-hydrogen) atoms. The van der Waals surface area contributed by atoms with Crippen LogP contribution in [0.5, 0.6) is 11.5 Å². The minimum Gasteiger partial charge on any atom is -0.502 e. The van der Waals surface area contributed by atoms with Crippen LogP contribution in [0, 0.1) is 5.82 Å². The van der Waals surface area contributed by atoms with Gasteiger partial charge in [0, 0.05) is 24.6 Å². The number of nitrogens with one attached hydrogen (secondary N) is 1. The van der Waals surface area contributed by atoms with Crippen LogP contribution in [0.25, 0.3) is 0 Å². The molecule has 168 valence electrons. The summed E-state index contributed by atoms with van der Waals surface area (Å²) < 4.78 is 20.3. The molecular weight excluding hydrogens is 413 g/mol. The summed E-state index contributed by atoms with van der Waals surface area (Å²) in [6.07, 6.45) is 1.97. The molecule has 7 nitrogen and oxygen atoms in total. The third-order valence-corrected chi connectivity index (χ3v) is 5.31. The number of methoxy groups -OCH3 is 1. The quantitative estimate of drug-likeness (QED) is 0.530. The van der Waals surface area contributed by atoms with E-state index in [1.165, 1.54) is 11.0 Å². The molecule has 2 aromatic carbocycles. The standard InChI is InChI=1S/C24H26FN3O4/c1-3-13-28(24(31)22-23(30)20(29)15-26-27-22)14-12-16(17-8-4-6-10-19(17)25)18-9-5-7-11-21(18)32-2/h4-11,15-16H,3,12-14H2,1-2H3,(H,26,30)(H,27,29). The van der Waals surface area contributed by atoms with Crippen LogP contribution in [-0.4, -0.2) is 46.3 Å². The van der Waals surface area contributed by atoms with Crippen molar-refractivity contribution in [3.8, 4) is 11.5 Å². The van der Waals surface area contributed by atoms with E-state index in [1.807, 2.05) is 31.2 Å². The van der Waals surface area contributed by atoms with Crippen molar-refractivity contribution in [3.63, 3.8) is 0 Å². The smallest absolute Gasteiger partial charge is 0.275 e. The Morgan fingerprint density at radius 2 is 1.84 bits per heavy atom. The maximum absolute atomic E-state index is 14.8. The topological polar surface area (TPSA) is 95.5 Å². The summed E-state index contributed by atoms with van der Waals surface area (Å²) in [5.74, 6) is -1.29. The van der Waals surface area contributed by atoms with Crippen molar-refractivity contribution in [2.45, 2.75) is 25.7 Å². The lowest BCUT2D eigenvalue weighted by molar-refractivity contribution is 0.0740. The predicted octanol–water partition coefficient (Wildman–Crippen LogP) is 3.70. The van der Waals surface area contributed by atoms with Crippen LogP contribution in [0.3, 0.4) is 0 Å². The van der Waals surface area contributed by atoms with Gasteiger partial charge >= 0.3 is 0 Å². The van der Waals surface area contributed by atoms with Gasteiger partial charge in [0.05, 0.1) is 13.3 Å². The lowest BCUT2D eigenvalue weighted by Gasteiger charge is -2.26. The zero-order valence-electron chi connectivity index (χ0n) is 18.0. The Morgan fingerprint density at radius 1 is 1.16 bits per heavy atom. The third kappa shape index (κ3) is 4.96. The molecule has 3 rings (SSSR count). The first-order valence-electron chi connectivity index (χ1n) is 10.4. The maximum Gasteiger partial charge on any atom is 0.275 e. The molecule has 1 heterocycles. The van der Waals surface area contributed by atoms with Gasteiger partial charge in [-0.15, -0.1) is 0 Å². The molecular formula is C24H26FN3O4. The molecule has 1 aromatic heterocycles. The van der Waals surface area contributed by atoms with Crippen molar-refractivity contribution in [2.75, 3.05) is 20.2 Å². The van der Waals surface area contributed by atoms with E-state index in [0.29, 0.717) is 30.7 Å². The number of aromatic nitrogens is 2. The Morgan fingerprint density at radius 3 is 2.53 bits per heavy atom. The molecule has 0 aliphatic carbocycles. The van der Waals surface area contributed by atoms with Gasteiger partial charge in [-0.25, -0.2) is 4.39 Å². The summed E-state index contributed by atoms with van der Waals surface area (Å²) >= 11 is 0. The van der Waals surface area contributed by atoms with Gasteiger partial charge < -0.3 is 14.7 Å². The first-order valence-corrected chi connectivity index (χ1v) is 10.4. The zero-order chi connectivity index (χ0) is 23.1. The number of hydrogen-bond donors (Lipinski definition) is 2. The molecule has 0 aliphatic rings. The molecule has 0 bridgehead atoms. The summed E-state index contributed by atoms with van der Waals surface area (Å²) in [6.45, 7) is 2.58. The fourth-order valence-corrected chi connectivity index (χ4v) is 3.76. The van der Waals surface area contributed by atoms with E-state index < -0.39 is 17.1 Å². The average molecular weight is 439 g/mol. The van der Waals surface area contributed by atoms with Gasteiger partial charge in [-0.3, -0.25) is 14.7 Å². The molecule has 0 saturated carbocycles. The van der Waals surface area contributed by atoms with Crippen molar-refractivity contribution in [3.05, 3.63) is 87.6 Å². The number of aromatic amines is 1. The van der Waals surface area contributed by atoms with Crippen molar-refractivity contribution in [1.29, 1.82) is 0 Å². The molecule has 1 amide bonds. The number of carbonyl (C=O) groups is 1. The van der Waals surface area contributed by atoms with E-state index in [9.17, 15) is 19.1 Å². The predicted molar refractivity (Wildman–Crippen MR) is 119 cm³/mol. The number of halogens is 1. The van der Waals surface area contributed by atoms with E-state index in [4.69, 9.17) is 4.74 Å². The van der Waals surface area contributed by atoms with Crippen molar-refractivity contribution >= 4 is 5.91 Å². The largest absolute Gasteiger partial charge is 0.502 e. The van der Waals surface area contributed by atoms with Crippen LogP contribution in [0.1, 0.15) is 47.3 Å². The monoisotopic (exact) mass is 439 g/mol. The van der Waals surface area contributed by atoms with Gasteiger partial charge in [-0.2, -0.15) is 5.10 Å². The summed E-state index contributed by atoms with van der Waals surface area (Å²) in [6, 6.07) is 13.9. The minimum absolute atomic E-state index is 0.259. The summed E-state index contributed by atoms with van der Waals surface area (Å²) in [5.41, 5.74) is 0.313. The van der Waals surface area contributed by atoms with E-state index in [0.717, 1.165) is 11.8 Å². The van der Waals surface area contributed by atoms with Gasteiger partial charge in [0.1, 0.15) is 11.6 Å². The molecule has 1 atom stereocenters.